The molecular weight excluding hydrogens is 444 g/mol. The average Bonchev–Trinajstić information content (AvgIpc) is 3.10. The topological polar surface area (TPSA) is 0 Å². The SMILES string of the molecule is Cc1ccc(-c2ccc(-c3ccc4c(c3)C(C)(C)c3cc(CC(C)C)ccc3-4)c3ccccc23)cc1C. The molecule has 0 heteroatoms. The van der Waals surface area contributed by atoms with Crippen LogP contribution in [0.5, 0.6) is 0 Å². The lowest BCUT2D eigenvalue weighted by Crippen LogP contribution is -2.15. The fourth-order valence-electron chi connectivity index (χ4n) is 6.26. The van der Waals surface area contributed by atoms with Crippen LogP contribution < -0.4 is 0 Å². The lowest BCUT2D eigenvalue weighted by Gasteiger charge is -2.23. The van der Waals surface area contributed by atoms with Crippen molar-refractivity contribution < 1.29 is 0 Å². The molecule has 0 spiro atoms. The molecule has 0 radical (unpaired) electrons. The molecule has 184 valence electrons. The van der Waals surface area contributed by atoms with Gasteiger partial charge in [0.1, 0.15) is 0 Å². The molecule has 5 aromatic carbocycles. The molecular formula is C37H36. The molecule has 37 heavy (non-hydrogen) atoms. The predicted octanol–water partition coefficient (Wildman–Crippen LogP) is 10.3. The van der Waals surface area contributed by atoms with E-state index in [1.165, 1.54) is 72.0 Å². The van der Waals surface area contributed by atoms with Gasteiger partial charge in [0.25, 0.3) is 0 Å². The number of benzene rings is 5. The number of rotatable bonds is 4. The fourth-order valence-corrected chi connectivity index (χ4v) is 6.26. The molecule has 0 atom stereocenters. The highest BCUT2D eigenvalue weighted by molar-refractivity contribution is 6.05. The summed E-state index contributed by atoms with van der Waals surface area (Å²) < 4.78 is 0. The molecule has 1 aliphatic carbocycles. The largest absolute Gasteiger partial charge is 0.0625 e. The summed E-state index contributed by atoms with van der Waals surface area (Å²) in [6.07, 6.45) is 1.13. The quantitative estimate of drug-likeness (QED) is 0.240. The van der Waals surface area contributed by atoms with Crippen LogP contribution in [0, 0.1) is 19.8 Å². The Balaban J connectivity index is 1.48. The van der Waals surface area contributed by atoms with E-state index in [0.717, 1.165) is 6.42 Å². The lowest BCUT2D eigenvalue weighted by atomic mass is 9.80. The second kappa shape index (κ2) is 8.73. The van der Waals surface area contributed by atoms with Gasteiger partial charge in [-0.1, -0.05) is 113 Å². The van der Waals surface area contributed by atoms with E-state index in [9.17, 15) is 0 Å². The van der Waals surface area contributed by atoms with E-state index >= 15 is 0 Å². The molecule has 1 aliphatic rings. The van der Waals surface area contributed by atoms with Crippen molar-refractivity contribution >= 4 is 10.8 Å². The molecule has 6 rings (SSSR count). The lowest BCUT2D eigenvalue weighted by molar-refractivity contribution is 0.637. The highest BCUT2D eigenvalue weighted by atomic mass is 14.4. The van der Waals surface area contributed by atoms with Crippen LogP contribution in [-0.4, -0.2) is 0 Å². The van der Waals surface area contributed by atoms with Crippen molar-refractivity contribution in [3.05, 3.63) is 119 Å². The summed E-state index contributed by atoms with van der Waals surface area (Å²) in [6.45, 7) is 13.8. The van der Waals surface area contributed by atoms with Gasteiger partial charge in [0.05, 0.1) is 0 Å². The average molecular weight is 481 g/mol. The summed E-state index contributed by atoms with van der Waals surface area (Å²) in [4.78, 5) is 0. The summed E-state index contributed by atoms with van der Waals surface area (Å²) in [6, 6.07) is 34.6. The monoisotopic (exact) mass is 480 g/mol. The van der Waals surface area contributed by atoms with E-state index in [1.54, 1.807) is 0 Å². The minimum absolute atomic E-state index is 0.0111. The van der Waals surface area contributed by atoms with Crippen LogP contribution in [0.2, 0.25) is 0 Å². The Morgan fingerprint density at radius 2 is 1.11 bits per heavy atom. The molecule has 0 aliphatic heterocycles. The fraction of sp³-hybridized carbons (Fsp3) is 0.243. The van der Waals surface area contributed by atoms with Crippen molar-refractivity contribution in [1.29, 1.82) is 0 Å². The van der Waals surface area contributed by atoms with E-state index in [-0.39, 0.29) is 5.41 Å². The van der Waals surface area contributed by atoms with Gasteiger partial charge in [-0.05, 0) is 104 Å². The zero-order valence-electron chi connectivity index (χ0n) is 22.9. The van der Waals surface area contributed by atoms with Gasteiger partial charge in [-0.3, -0.25) is 0 Å². The van der Waals surface area contributed by atoms with Crippen LogP contribution in [0.25, 0.3) is 44.2 Å². The normalized spacial score (nSPS) is 13.7. The van der Waals surface area contributed by atoms with Crippen LogP contribution >= 0.6 is 0 Å². The Bertz CT molecular complexity index is 1660. The molecule has 0 unspecified atom stereocenters. The highest BCUT2D eigenvalue weighted by Gasteiger charge is 2.35. The summed E-state index contributed by atoms with van der Waals surface area (Å²) >= 11 is 0. The number of hydrogen-bond donors (Lipinski definition) is 0. The maximum atomic E-state index is 2.46. The molecule has 0 aromatic heterocycles. The first-order chi connectivity index (χ1) is 17.7. The number of fused-ring (bicyclic) bond motifs is 4. The van der Waals surface area contributed by atoms with Crippen LogP contribution in [0.15, 0.2) is 91.0 Å². The Labute approximate surface area is 222 Å². The molecule has 0 fully saturated rings. The van der Waals surface area contributed by atoms with Crippen LogP contribution in [0.4, 0.5) is 0 Å². The van der Waals surface area contributed by atoms with Gasteiger partial charge in [-0.15, -0.1) is 0 Å². The summed E-state index contributed by atoms with van der Waals surface area (Å²) in [7, 11) is 0. The van der Waals surface area contributed by atoms with Crippen LogP contribution in [-0.2, 0) is 11.8 Å². The van der Waals surface area contributed by atoms with Crippen molar-refractivity contribution in [2.75, 3.05) is 0 Å². The molecule has 5 aromatic rings. The third-order valence-corrected chi connectivity index (χ3v) is 8.44. The maximum Gasteiger partial charge on any atom is 0.0159 e. The van der Waals surface area contributed by atoms with Gasteiger partial charge in [-0.2, -0.15) is 0 Å². The van der Waals surface area contributed by atoms with Gasteiger partial charge in [0.2, 0.25) is 0 Å². The van der Waals surface area contributed by atoms with Gasteiger partial charge < -0.3 is 0 Å². The predicted molar refractivity (Wildman–Crippen MR) is 160 cm³/mol. The first-order valence-electron chi connectivity index (χ1n) is 13.6. The highest BCUT2D eigenvalue weighted by Crippen LogP contribution is 2.50. The second-order valence-electron chi connectivity index (χ2n) is 11.9. The van der Waals surface area contributed by atoms with E-state index in [0.29, 0.717) is 5.92 Å². The molecule has 0 saturated heterocycles. The first kappa shape index (κ1) is 23.7. The molecule has 0 saturated carbocycles. The van der Waals surface area contributed by atoms with E-state index in [1.807, 2.05) is 0 Å². The van der Waals surface area contributed by atoms with Crippen LogP contribution in [0.1, 0.15) is 55.5 Å². The van der Waals surface area contributed by atoms with Crippen molar-refractivity contribution in [1.82, 2.24) is 0 Å². The zero-order chi connectivity index (χ0) is 25.9. The minimum Gasteiger partial charge on any atom is -0.0625 e. The minimum atomic E-state index is -0.0111. The Hall–Kier alpha value is -3.64. The van der Waals surface area contributed by atoms with Gasteiger partial charge in [0.15, 0.2) is 0 Å². The van der Waals surface area contributed by atoms with Gasteiger partial charge >= 0.3 is 0 Å². The summed E-state index contributed by atoms with van der Waals surface area (Å²) in [5, 5.41) is 2.62. The van der Waals surface area contributed by atoms with Crippen molar-refractivity contribution in [3.8, 4) is 33.4 Å². The van der Waals surface area contributed by atoms with Gasteiger partial charge in [0, 0.05) is 5.41 Å². The third kappa shape index (κ3) is 3.91. The number of aryl methyl sites for hydroxylation is 2. The van der Waals surface area contributed by atoms with Crippen molar-refractivity contribution in [2.45, 2.75) is 53.4 Å². The van der Waals surface area contributed by atoms with Crippen LogP contribution in [0.3, 0.4) is 0 Å². The summed E-state index contributed by atoms with van der Waals surface area (Å²) in [5.41, 5.74) is 15.0. The standard InChI is InChI=1S/C37H36/c1-23(2)19-26-12-15-33-34-16-14-28(22-36(34)37(5,6)35(33)21-26)30-18-17-29(31-9-7-8-10-32(30)31)27-13-11-24(3)25(4)20-27/h7-18,20-23H,19H2,1-6H3. The molecule has 0 heterocycles. The number of hydrogen-bond acceptors (Lipinski definition) is 0. The zero-order valence-corrected chi connectivity index (χ0v) is 22.9. The summed E-state index contributed by atoms with van der Waals surface area (Å²) in [5.74, 6) is 0.664. The van der Waals surface area contributed by atoms with Crippen molar-refractivity contribution in [2.24, 2.45) is 5.92 Å². The van der Waals surface area contributed by atoms with E-state index in [2.05, 4.69) is 133 Å². The third-order valence-electron chi connectivity index (χ3n) is 8.44. The molecule has 0 amide bonds. The maximum absolute atomic E-state index is 2.46. The van der Waals surface area contributed by atoms with E-state index in [4.69, 9.17) is 0 Å². The van der Waals surface area contributed by atoms with Crippen molar-refractivity contribution in [3.63, 3.8) is 0 Å². The van der Waals surface area contributed by atoms with Gasteiger partial charge in [-0.25, -0.2) is 0 Å². The first-order valence-corrected chi connectivity index (χ1v) is 13.6. The molecule has 0 bridgehead atoms. The Morgan fingerprint density at radius 3 is 1.73 bits per heavy atom. The molecule has 0 nitrogen and oxygen atoms in total. The second-order valence-corrected chi connectivity index (χ2v) is 11.9. The smallest absolute Gasteiger partial charge is 0.0159 e. The Kier molecular flexibility index (Phi) is 5.60. The Morgan fingerprint density at radius 1 is 0.568 bits per heavy atom. The molecule has 0 N–H and O–H groups in total. The van der Waals surface area contributed by atoms with E-state index < -0.39 is 0 Å².